The first-order valence-corrected chi connectivity index (χ1v) is 11.5. The number of carbonyl (C=O) groups excluding carboxylic acids is 1. The summed E-state index contributed by atoms with van der Waals surface area (Å²) in [6, 6.07) is 10.8. The van der Waals surface area contributed by atoms with E-state index in [1.807, 2.05) is 43.7 Å². The third kappa shape index (κ3) is 5.69. The first-order valence-electron chi connectivity index (χ1n) is 8.94. The number of hydrogen-bond acceptors (Lipinski definition) is 5. The quantitative estimate of drug-likeness (QED) is 0.376. The first kappa shape index (κ1) is 22.9. The SMILES string of the molecule is Cc1cc(OC(C)c2nnc(SCC(=O)Nc3ccc(Br)cc3Cl)n2C)ccc1Cl. The van der Waals surface area contributed by atoms with Gasteiger partial charge in [-0.15, -0.1) is 10.2 Å². The maximum Gasteiger partial charge on any atom is 0.234 e. The lowest BCUT2D eigenvalue weighted by Gasteiger charge is -2.15. The molecule has 3 rings (SSSR count). The van der Waals surface area contributed by atoms with Gasteiger partial charge in [0, 0.05) is 16.5 Å². The molecule has 3 aromatic rings. The zero-order valence-corrected chi connectivity index (χ0v) is 20.4. The van der Waals surface area contributed by atoms with Gasteiger partial charge in [-0.3, -0.25) is 4.79 Å². The number of benzene rings is 2. The van der Waals surface area contributed by atoms with E-state index in [4.69, 9.17) is 27.9 Å². The molecule has 1 N–H and O–H groups in total. The molecule has 6 nitrogen and oxygen atoms in total. The van der Waals surface area contributed by atoms with Crippen molar-refractivity contribution in [1.82, 2.24) is 14.8 Å². The number of nitrogens with one attached hydrogen (secondary N) is 1. The van der Waals surface area contributed by atoms with Gasteiger partial charge in [-0.25, -0.2) is 0 Å². The number of nitrogens with zero attached hydrogens (tertiary/aromatic N) is 3. The van der Waals surface area contributed by atoms with E-state index in [1.165, 1.54) is 11.8 Å². The highest BCUT2D eigenvalue weighted by atomic mass is 79.9. The van der Waals surface area contributed by atoms with Crippen LogP contribution in [0, 0.1) is 6.92 Å². The molecule has 0 saturated heterocycles. The topological polar surface area (TPSA) is 69.0 Å². The zero-order valence-electron chi connectivity index (χ0n) is 16.4. The van der Waals surface area contributed by atoms with Crippen LogP contribution >= 0.6 is 50.9 Å². The Labute approximate surface area is 197 Å². The van der Waals surface area contributed by atoms with Gasteiger partial charge in [-0.05, 0) is 55.8 Å². The molecule has 158 valence electrons. The summed E-state index contributed by atoms with van der Waals surface area (Å²) in [6.07, 6.45) is -0.326. The van der Waals surface area contributed by atoms with Crippen LogP contribution in [-0.4, -0.2) is 26.4 Å². The molecule has 1 amide bonds. The minimum atomic E-state index is -0.326. The van der Waals surface area contributed by atoms with Crippen molar-refractivity contribution in [2.24, 2.45) is 7.05 Å². The Morgan fingerprint density at radius 1 is 1.23 bits per heavy atom. The Bertz CT molecular complexity index is 1080. The second-order valence-corrected chi connectivity index (χ2v) is 9.20. The van der Waals surface area contributed by atoms with Crippen LogP contribution in [0.4, 0.5) is 5.69 Å². The highest BCUT2D eigenvalue weighted by molar-refractivity contribution is 9.10. The van der Waals surface area contributed by atoms with E-state index in [0.29, 0.717) is 32.5 Å². The number of rotatable bonds is 7. The molecule has 0 bridgehead atoms. The van der Waals surface area contributed by atoms with Crippen LogP contribution in [0.3, 0.4) is 0 Å². The van der Waals surface area contributed by atoms with Crippen LogP contribution < -0.4 is 10.1 Å². The lowest BCUT2D eigenvalue weighted by atomic mass is 10.2. The molecular weight excluding hydrogens is 511 g/mol. The van der Waals surface area contributed by atoms with Crippen LogP contribution in [-0.2, 0) is 11.8 Å². The normalized spacial score (nSPS) is 11.9. The molecule has 0 aliphatic carbocycles. The van der Waals surface area contributed by atoms with Gasteiger partial charge in [-0.1, -0.05) is 50.9 Å². The molecule has 30 heavy (non-hydrogen) atoms. The van der Waals surface area contributed by atoms with E-state index in [1.54, 1.807) is 18.2 Å². The van der Waals surface area contributed by atoms with E-state index in [9.17, 15) is 4.79 Å². The Morgan fingerprint density at radius 2 is 2.00 bits per heavy atom. The Morgan fingerprint density at radius 3 is 2.70 bits per heavy atom. The summed E-state index contributed by atoms with van der Waals surface area (Å²) in [6.45, 7) is 3.81. The lowest BCUT2D eigenvalue weighted by molar-refractivity contribution is -0.113. The first-order chi connectivity index (χ1) is 14.2. The van der Waals surface area contributed by atoms with Crippen LogP contribution in [0.1, 0.15) is 24.4 Å². The summed E-state index contributed by atoms with van der Waals surface area (Å²) >= 11 is 16.8. The molecule has 1 unspecified atom stereocenters. The molecule has 2 aromatic carbocycles. The number of ether oxygens (including phenoxy) is 1. The summed E-state index contributed by atoms with van der Waals surface area (Å²) in [5, 5.41) is 13.0. The number of aromatic nitrogens is 3. The minimum absolute atomic E-state index is 0.171. The summed E-state index contributed by atoms with van der Waals surface area (Å²) in [4.78, 5) is 12.3. The molecule has 10 heteroatoms. The monoisotopic (exact) mass is 528 g/mol. The van der Waals surface area contributed by atoms with E-state index < -0.39 is 0 Å². The standard InChI is InChI=1S/C20H19BrCl2N4O2S/c1-11-8-14(5-6-15(11)22)29-12(2)19-25-26-20(27(19)3)30-10-18(28)24-17-7-4-13(21)9-16(17)23/h4-9,12H,10H2,1-3H3,(H,24,28). The second-order valence-electron chi connectivity index (χ2n) is 6.53. The maximum atomic E-state index is 12.3. The van der Waals surface area contributed by atoms with Gasteiger partial charge >= 0.3 is 0 Å². The van der Waals surface area contributed by atoms with Crippen LogP contribution in [0.2, 0.25) is 10.0 Å². The van der Waals surface area contributed by atoms with Crippen molar-refractivity contribution < 1.29 is 9.53 Å². The van der Waals surface area contributed by atoms with E-state index >= 15 is 0 Å². The van der Waals surface area contributed by atoms with Gasteiger partial charge in [0.1, 0.15) is 5.75 Å². The predicted molar refractivity (Wildman–Crippen MR) is 125 cm³/mol. The highest BCUT2D eigenvalue weighted by Gasteiger charge is 2.18. The highest BCUT2D eigenvalue weighted by Crippen LogP contribution is 2.28. The van der Waals surface area contributed by atoms with Crippen LogP contribution in [0.5, 0.6) is 5.75 Å². The summed E-state index contributed by atoms with van der Waals surface area (Å²) in [5.41, 5.74) is 1.50. The maximum absolute atomic E-state index is 12.3. The Hall–Kier alpha value is -1.74. The summed E-state index contributed by atoms with van der Waals surface area (Å²) in [5.74, 6) is 1.34. The third-order valence-electron chi connectivity index (χ3n) is 4.21. The van der Waals surface area contributed by atoms with Crippen LogP contribution in [0.25, 0.3) is 0 Å². The molecule has 0 spiro atoms. The predicted octanol–water partition coefficient (Wildman–Crippen LogP) is 6.06. The van der Waals surface area contributed by atoms with Gasteiger partial charge in [-0.2, -0.15) is 0 Å². The van der Waals surface area contributed by atoms with Crippen molar-refractivity contribution in [3.05, 3.63) is 62.3 Å². The van der Waals surface area contributed by atoms with Crippen LogP contribution in [0.15, 0.2) is 46.0 Å². The van der Waals surface area contributed by atoms with E-state index in [0.717, 1.165) is 10.0 Å². The summed E-state index contributed by atoms with van der Waals surface area (Å²) < 4.78 is 8.63. The average molecular weight is 530 g/mol. The Kier molecular flexibility index (Phi) is 7.68. The second kappa shape index (κ2) is 10.0. The Balaban J connectivity index is 1.60. The minimum Gasteiger partial charge on any atom is -0.483 e. The van der Waals surface area contributed by atoms with Crippen molar-refractivity contribution >= 4 is 62.5 Å². The van der Waals surface area contributed by atoms with Crippen molar-refractivity contribution in [2.75, 3.05) is 11.1 Å². The number of anilines is 1. The number of amides is 1. The molecule has 1 atom stereocenters. The zero-order chi connectivity index (χ0) is 21.8. The molecule has 0 radical (unpaired) electrons. The van der Waals surface area contributed by atoms with Gasteiger partial charge in [0.25, 0.3) is 0 Å². The fraction of sp³-hybridized carbons (Fsp3) is 0.250. The summed E-state index contributed by atoms with van der Waals surface area (Å²) in [7, 11) is 1.84. The van der Waals surface area contributed by atoms with Crippen molar-refractivity contribution in [1.29, 1.82) is 0 Å². The van der Waals surface area contributed by atoms with Crippen molar-refractivity contribution in [2.45, 2.75) is 25.1 Å². The molecular formula is C20H19BrCl2N4O2S. The van der Waals surface area contributed by atoms with Crippen molar-refractivity contribution in [3.8, 4) is 5.75 Å². The van der Waals surface area contributed by atoms with Gasteiger partial charge in [0.15, 0.2) is 17.1 Å². The smallest absolute Gasteiger partial charge is 0.234 e. The average Bonchev–Trinajstić information content (AvgIpc) is 3.06. The van der Waals surface area contributed by atoms with Gasteiger partial charge in [0.05, 0.1) is 16.5 Å². The largest absolute Gasteiger partial charge is 0.483 e. The number of aryl methyl sites for hydroxylation is 1. The number of thioether (sulfide) groups is 1. The molecule has 0 aliphatic rings. The molecule has 0 aliphatic heterocycles. The van der Waals surface area contributed by atoms with E-state index in [-0.39, 0.29) is 17.8 Å². The third-order valence-corrected chi connectivity index (χ3v) is 6.46. The van der Waals surface area contributed by atoms with E-state index in [2.05, 4.69) is 31.4 Å². The van der Waals surface area contributed by atoms with Crippen molar-refractivity contribution in [3.63, 3.8) is 0 Å². The molecule has 1 heterocycles. The molecule has 0 saturated carbocycles. The van der Waals surface area contributed by atoms with Gasteiger partial charge in [0.2, 0.25) is 5.91 Å². The fourth-order valence-electron chi connectivity index (χ4n) is 2.66. The number of halogens is 3. The lowest BCUT2D eigenvalue weighted by Crippen LogP contribution is -2.15. The molecule has 0 fully saturated rings. The molecule has 1 aromatic heterocycles. The number of carbonyl (C=O) groups is 1. The number of hydrogen-bond donors (Lipinski definition) is 1. The fourth-order valence-corrected chi connectivity index (χ4v) is 4.22. The van der Waals surface area contributed by atoms with Gasteiger partial charge < -0.3 is 14.6 Å².